The number of hydrogen-bond donors (Lipinski definition) is 1. The molecule has 0 atom stereocenters. The molecule has 2 rings (SSSR count). The van der Waals surface area contributed by atoms with Gasteiger partial charge < -0.3 is 14.8 Å². The van der Waals surface area contributed by atoms with E-state index in [1.165, 1.54) is 5.56 Å². The van der Waals surface area contributed by atoms with Gasteiger partial charge in [0.1, 0.15) is 5.75 Å². The first kappa shape index (κ1) is 17.2. The predicted octanol–water partition coefficient (Wildman–Crippen LogP) is 1.93. The van der Waals surface area contributed by atoms with Gasteiger partial charge in [-0.05, 0) is 13.0 Å². The monoisotopic (exact) mass is 300 g/mol. The molecule has 0 aliphatic carbocycles. The Balaban J connectivity index is 0.00000200. The lowest BCUT2D eigenvalue weighted by molar-refractivity contribution is 0.0384. The van der Waals surface area contributed by atoms with Gasteiger partial charge in [-0.3, -0.25) is 4.90 Å². The number of ether oxygens (including phenoxy) is 2. The molecule has 1 fully saturated rings. The fraction of sp³-hybridized carbons (Fsp3) is 0.600. The summed E-state index contributed by atoms with van der Waals surface area (Å²) in [5.41, 5.74) is 1.23. The van der Waals surface area contributed by atoms with Gasteiger partial charge in [0.2, 0.25) is 0 Å². The first-order chi connectivity index (χ1) is 9.40. The van der Waals surface area contributed by atoms with Gasteiger partial charge in [-0.15, -0.1) is 12.4 Å². The molecule has 0 spiro atoms. The van der Waals surface area contributed by atoms with Crippen LogP contribution >= 0.6 is 12.4 Å². The normalized spacial score (nSPS) is 15.7. The van der Waals surface area contributed by atoms with Crippen molar-refractivity contribution in [3.05, 3.63) is 29.8 Å². The number of hydrogen-bond acceptors (Lipinski definition) is 4. The van der Waals surface area contributed by atoms with Crippen molar-refractivity contribution in [1.29, 1.82) is 0 Å². The number of halogens is 1. The molecule has 0 saturated carbocycles. The van der Waals surface area contributed by atoms with Gasteiger partial charge in [0.05, 0.1) is 19.8 Å². The molecular weight excluding hydrogens is 276 g/mol. The summed E-state index contributed by atoms with van der Waals surface area (Å²) >= 11 is 0. The average molecular weight is 301 g/mol. The largest absolute Gasteiger partial charge is 0.494 e. The molecule has 5 heteroatoms. The minimum Gasteiger partial charge on any atom is -0.494 e. The summed E-state index contributed by atoms with van der Waals surface area (Å²) in [4.78, 5) is 2.44. The van der Waals surface area contributed by atoms with Crippen LogP contribution in [0.15, 0.2) is 24.3 Å². The van der Waals surface area contributed by atoms with Crippen LogP contribution in [0.2, 0.25) is 0 Å². The summed E-state index contributed by atoms with van der Waals surface area (Å²) in [6.45, 7) is 9.52. The Morgan fingerprint density at radius 3 is 2.75 bits per heavy atom. The number of nitrogens with one attached hydrogen (secondary N) is 1. The second-order valence-corrected chi connectivity index (χ2v) is 4.67. The van der Waals surface area contributed by atoms with Gasteiger partial charge in [0.15, 0.2) is 0 Å². The molecule has 1 saturated heterocycles. The highest BCUT2D eigenvalue weighted by atomic mass is 35.5. The van der Waals surface area contributed by atoms with Crippen molar-refractivity contribution < 1.29 is 9.47 Å². The Hall–Kier alpha value is -0.810. The summed E-state index contributed by atoms with van der Waals surface area (Å²) in [6.07, 6.45) is 0. The summed E-state index contributed by atoms with van der Waals surface area (Å²) < 4.78 is 11.0. The van der Waals surface area contributed by atoms with E-state index in [4.69, 9.17) is 9.47 Å². The fourth-order valence-corrected chi connectivity index (χ4v) is 2.23. The van der Waals surface area contributed by atoms with Crippen LogP contribution < -0.4 is 10.1 Å². The molecule has 0 amide bonds. The van der Waals surface area contributed by atoms with E-state index in [-0.39, 0.29) is 12.4 Å². The Morgan fingerprint density at radius 1 is 1.25 bits per heavy atom. The molecule has 1 N–H and O–H groups in total. The van der Waals surface area contributed by atoms with Gasteiger partial charge in [0.25, 0.3) is 0 Å². The van der Waals surface area contributed by atoms with Crippen LogP contribution in [0.3, 0.4) is 0 Å². The molecule has 1 aromatic rings. The van der Waals surface area contributed by atoms with Crippen molar-refractivity contribution in [1.82, 2.24) is 10.2 Å². The summed E-state index contributed by atoms with van der Waals surface area (Å²) in [5, 5.41) is 3.49. The van der Waals surface area contributed by atoms with Crippen LogP contribution in [0, 0.1) is 0 Å². The summed E-state index contributed by atoms with van der Waals surface area (Å²) in [5.74, 6) is 0.990. The van der Waals surface area contributed by atoms with E-state index in [0.717, 1.165) is 51.7 Å². The minimum atomic E-state index is 0. The van der Waals surface area contributed by atoms with Gasteiger partial charge in [-0.1, -0.05) is 18.2 Å². The van der Waals surface area contributed by atoms with Crippen molar-refractivity contribution in [3.8, 4) is 5.75 Å². The third-order valence-electron chi connectivity index (χ3n) is 3.30. The highest BCUT2D eigenvalue weighted by Crippen LogP contribution is 2.17. The van der Waals surface area contributed by atoms with Crippen LogP contribution in [0.1, 0.15) is 12.5 Å². The zero-order valence-corrected chi connectivity index (χ0v) is 13.0. The van der Waals surface area contributed by atoms with Crippen LogP contribution in [-0.2, 0) is 11.3 Å². The van der Waals surface area contributed by atoms with E-state index in [0.29, 0.717) is 6.61 Å². The van der Waals surface area contributed by atoms with Crippen molar-refractivity contribution in [2.75, 3.05) is 46.0 Å². The predicted molar refractivity (Wildman–Crippen MR) is 83.8 cm³/mol. The van der Waals surface area contributed by atoms with E-state index in [2.05, 4.69) is 22.3 Å². The molecule has 0 bridgehead atoms. The number of benzene rings is 1. The lowest BCUT2D eigenvalue weighted by atomic mass is 10.2. The molecular formula is C15H25ClN2O2. The van der Waals surface area contributed by atoms with E-state index < -0.39 is 0 Å². The van der Waals surface area contributed by atoms with Gasteiger partial charge >= 0.3 is 0 Å². The second kappa shape index (κ2) is 10.00. The van der Waals surface area contributed by atoms with Crippen LogP contribution in [0.5, 0.6) is 5.75 Å². The standard InChI is InChI=1S/C15H24N2O2.ClH/c1-2-19-15-6-4-3-5-14(15)13-16-7-8-17-9-11-18-12-10-17;/h3-6,16H,2,7-13H2,1H3;1H. The van der Waals surface area contributed by atoms with Crippen molar-refractivity contribution in [2.45, 2.75) is 13.5 Å². The number of nitrogens with zero attached hydrogens (tertiary/aromatic N) is 1. The van der Waals surface area contributed by atoms with E-state index in [1.807, 2.05) is 19.1 Å². The minimum absolute atomic E-state index is 0. The lowest BCUT2D eigenvalue weighted by Gasteiger charge is -2.26. The smallest absolute Gasteiger partial charge is 0.123 e. The Labute approximate surface area is 127 Å². The molecule has 1 heterocycles. The quantitative estimate of drug-likeness (QED) is 0.780. The zero-order valence-electron chi connectivity index (χ0n) is 12.1. The Morgan fingerprint density at radius 2 is 2.00 bits per heavy atom. The summed E-state index contributed by atoms with van der Waals surface area (Å²) in [6, 6.07) is 8.22. The molecule has 4 nitrogen and oxygen atoms in total. The van der Waals surface area contributed by atoms with Crippen molar-refractivity contribution in [3.63, 3.8) is 0 Å². The molecule has 0 unspecified atom stereocenters. The highest BCUT2D eigenvalue weighted by Gasteiger charge is 2.09. The van der Waals surface area contributed by atoms with Crippen LogP contribution in [0.4, 0.5) is 0 Å². The zero-order chi connectivity index (χ0) is 13.3. The van der Waals surface area contributed by atoms with E-state index >= 15 is 0 Å². The summed E-state index contributed by atoms with van der Waals surface area (Å²) in [7, 11) is 0. The molecule has 114 valence electrons. The number of morpholine rings is 1. The molecule has 0 radical (unpaired) electrons. The molecule has 0 aromatic heterocycles. The molecule has 1 aliphatic heterocycles. The molecule has 1 aromatic carbocycles. The van der Waals surface area contributed by atoms with Crippen molar-refractivity contribution >= 4 is 12.4 Å². The first-order valence-corrected chi connectivity index (χ1v) is 7.11. The Kier molecular flexibility index (Phi) is 8.62. The molecule has 1 aliphatic rings. The fourth-order valence-electron chi connectivity index (χ4n) is 2.23. The van der Waals surface area contributed by atoms with Gasteiger partial charge in [0, 0.05) is 38.3 Å². The topological polar surface area (TPSA) is 33.7 Å². The third kappa shape index (κ3) is 5.67. The van der Waals surface area contributed by atoms with E-state index in [9.17, 15) is 0 Å². The number of para-hydroxylation sites is 1. The maximum absolute atomic E-state index is 5.62. The van der Waals surface area contributed by atoms with Crippen LogP contribution in [-0.4, -0.2) is 50.9 Å². The Bertz CT molecular complexity index is 371. The highest BCUT2D eigenvalue weighted by molar-refractivity contribution is 5.85. The maximum Gasteiger partial charge on any atom is 0.123 e. The third-order valence-corrected chi connectivity index (χ3v) is 3.30. The molecule has 20 heavy (non-hydrogen) atoms. The second-order valence-electron chi connectivity index (χ2n) is 4.67. The van der Waals surface area contributed by atoms with E-state index in [1.54, 1.807) is 0 Å². The number of rotatable bonds is 7. The SMILES string of the molecule is CCOc1ccccc1CNCCN1CCOCC1.Cl. The van der Waals surface area contributed by atoms with Gasteiger partial charge in [-0.2, -0.15) is 0 Å². The van der Waals surface area contributed by atoms with Gasteiger partial charge in [-0.25, -0.2) is 0 Å². The maximum atomic E-state index is 5.62. The lowest BCUT2D eigenvalue weighted by Crippen LogP contribution is -2.40. The van der Waals surface area contributed by atoms with Crippen molar-refractivity contribution in [2.24, 2.45) is 0 Å². The van der Waals surface area contributed by atoms with Crippen LogP contribution in [0.25, 0.3) is 0 Å². The average Bonchev–Trinajstić information content (AvgIpc) is 2.47. The first-order valence-electron chi connectivity index (χ1n) is 7.11.